The Kier molecular flexibility index (Phi) is 6.15. The highest BCUT2D eigenvalue weighted by molar-refractivity contribution is 9.10. The molecule has 18 heavy (non-hydrogen) atoms. The van der Waals surface area contributed by atoms with Gasteiger partial charge in [0.1, 0.15) is 5.75 Å². The van der Waals surface area contributed by atoms with E-state index in [0.717, 1.165) is 15.8 Å². The molecule has 100 valence electrons. The van der Waals surface area contributed by atoms with Gasteiger partial charge in [0.05, 0.1) is 6.61 Å². The van der Waals surface area contributed by atoms with Crippen molar-refractivity contribution in [1.29, 1.82) is 0 Å². The average molecular weight is 315 g/mol. The Labute approximate surface area is 116 Å². The molecule has 0 atom stereocenters. The van der Waals surface area contributed by atoms with Crippen LogP contribution in [0.3, 0.4) is 0 Å². The molecule has 0 saturated carbocycles. The molecule has 1 amide bonds. The van der Waals surface area contributed by atoms with Gasteiger partial charge < -0.3 is 4.74 Å². The van der Waals surface area contributed by atoms with Gasteiger partial charge in [-0.05, 0) is 36.1 Å². The van der Waals surface area contributed by atoms with E-state index in [4.69, 9.17) is 10.6 Å². The Morgan fingerprint density at radius 2 is 2.22 bits per heavy atom. The van der Waals surface area contributed by atoms with E-state index in [0.29, 0.717) is 25.4 Å². The molecule has 1 aromatic carbocycles. The van der Waals surface area contributed by atoms with Crippen molar-refractivity contribution in [3.63, 3.8) is 0 Å². The van der Waals surface area contributed by atoms with Crippen LogP contribution in [0, 0.1) is 0 Å². The summed E-state index contributed by atoms with van der Waals surface area (Å²) in [5, 5.41) is 0. The Bertz CT molecular complexity index is 408. The molecule has 0 saturated heterocycles. The summed E-state index contributed by atoms with van der Waals surface area (Å²) in [6.45, 7) is 4.75. The van der Waals surface area contributed by atoms with Crippen LogP contribution in [0.15, 0.2) is 22.7 Å². The van der Waals surface area contributed by atoms with E-state index in [-0.39, 0.29) is 5.91 Å². The van der Waals surface area contributed by atoms with Crippen molar-refractivity contribution >= 4 is 21.8 Å². The van der Waals surface area contributed by atoms with Crippen LogP contribution in [-0.2, 0) is 4.79 Å². The second-order valence-electron chi connectivity index (χ2n) is 4.36. The summed E-state index contributed by atoms with van der Waals surface area (Å²) < 4.78 is 6.75. The zero-order valence-electron chi connectivity index (χ0n) is 10.7. The van der Waals surface area contributed by atoms with E-state index >= 15 is 0 Å². The molecule has 0 spiro atoms. The summed E-state index contributed by atoms with van der Waals surface area (Å²) in [7, 11) is 0. The van der Waals surface area contributed by atoms with Crippen LogP contribution in [0.25, 0.3) is 0 Å². The average Bonchev–Trinajstić information content (AvgIpc) is 2.35. The number of hydrogen-bond acceptors (Lipinski definition) is 3. The number of halogens is 1. The third kappa shape index (κ3) is 4.66. The number of hydrogen-bond donors (Lipinski definition) is 2. The normalized spacial score (nSPS) is 10.5. The number of nitrogens with two attached hydrogens (primary N) is 1. The lowest BCUT2D eigenvalue weighted by Gasteiger charge is -2.14. The second kappa shape index (κ2) is 7.38. The third-order valence-electron chi connectivity index (χ3n) is 2.56. The Morgan fingerprint density at radius 1 is 1.50 bits per heavy atom. The van der Waals surface area contributed by atoms with E-state index in [1.54, 1.807) is 0 Å². The molecular weight excluding hydrogens is 296 g/mol. The smallest absolute Gasteiger partial charge is 0.234 e. The summed E-state index contributed by atoms with van der Waals surface area (Å²) in [5.74, 6) is 6.10. The van der Waals surface area contributed by atoms with Crippen molar-refractivity contribution in [3.8, 4) is 5.75 Å². The highest BCUT2D eigenvalue weighted by Gasteiger charge is 2.08. The summed E-state index contributed by atoms with van der Waals surface area (Å²) in [4.78, 5) is 10.9. The first-order chi connectivity index (χ1) is 8.54. The summed E-state index contributed by atoms with van der Waals surface area (Å²) in [6.07, 6.45) is 1.03. The molecule has 0 aliphatic heterocycles. The van der Waals surface area contributed by atoms with Crippen molar-refractivity contribution in [2.75, 3.05) is 6.61 Å². The maximum absolute atomic E-state index is 10.9. The first-order valence-corrected chi connectivity index (χ1v) is 6.75. The molecule has 5 heteroatoms. The maximum Gasteiger partial charge on any atom is 0.234 e. The van der Waals surface area contributed by atoms with Crippen molar-refractivity contribution in [2.24, 2.45) is 5.84 Å². The predicted molar refractivity (Wildman–Crippen MR) is 75.3 cm³/mol. The number of hydrazine groups is 1. The lowest BCUT2D eigenvalue weighted by atomic mass is 10.0. The second-order valence-corrected chi connectivity index (χ2v) is 5.27. The molecule has 3 N–H and O–H groups in total. The molecule has 0 heterocycles. The van der Waals surface area contributed by atoms with Gasteiger partial charge in [-0.1, -0.05) is 29.8 Å². The van der Waals surface area contributed by atoms with Crippen molar-refractivity contribution in [1.82, 2.24) is 5.43 Å². The van der Waals surface area contributed by atoms with Gasteiger partial charge in [-0.25, -0.2) is 5.84 Å². The molecule has 0 fully saturated rings. The number of ether oxygens (including phenoxy) is 1. The minimum absolute atomic E-state index is 0.168. The zero-order valence-corrected chi connectivity index (χ0v) is 12.3. The molecule has 4 nitrogen and oxygen atoms in total. The largest absolute Gasteiger partial charge is 0.493 e. The van der Waals surface area contributed by atoms with E-state index < -0.39 is 0 Å². The van der Waals surface area contributed by atoms with Gasteiger partial charge in [-0.15, -0.1) is 0 Å². The van der Waals surface area contributed by atoms with Crippen LogP contribution in [0.2, 0.25) is 0 Å². The number of benzene rings is 1. The van der Waals surface area contributed by atoms with Crippen molar-refractivity contribution in [3.05, 3.63) is 28.2 Å². The maximum atomic E-state index is 10.9. The van der Waals surface area contributed by atoms with Gasteiger partial charge in [-0.3, -0.25) is 10.2 Å². The third-order valence-corrected chi connectivity index (χ3v) is 3.05. The van der Waals surface area contributed by atoms with Gasteiger partial charge in [-0.2, -0.15) is 0 Å². The molecule has 1 aromatic rings. The highest BCUT2D eigenvalue weighted by atomic mass is 79.9. The summed E-state index contributed by atoms with van der Waals surface area (Å²) in [6, 6.07) is 5.96. The quantitative estimate of drug-likeness (QED) is 0.367. The van der Waals surface area contributed by atoms with Crippen molar-refractivity contribution in [2.45, 2.75) is 32.6 Å². The number of carbonyl (C=O) groups is 1. The fraction of sp³-hybridized carbons (Fsp3) is 0.462. The standard InChI is InChI=1S/C13H19BrN2O2/c1-9(2)11-8-10(14)5-6-12(11)18-7-3-4-13(17)16-15/h5-6,8-9H,3-4,7,15H2,1-2H3,(H,16,17). The highest BCUT2D eigenvalue weighted by Crippen LogP contribution is 2.29. The molecule has 0 radical (unpaired) electrons. The zero-order chi connectivity index (χ0) is 13.5. The Morgan fingerprint density at radius 3 is 2.83 bits per heavy atom. The number of rotatable bonds is 6. The Hall–Kier alpha value is -1.07. The van der Waals surface area contributed by atoms with Crippen LogP contribution in [0.4, 0.5) is 0 Å². The first-order valence-electron chi connectivity index (χ1n) is 5.96. The van der Waals surface area contributed by atoms with Gasteiger partial charge in [0.25, 0.3) is 0 Å². The van der Waals surface area contributed by atoms with E-state index in [1.165, 1.54) is 0 Å². The minimum atomic E-state index is -0.168. The molecule has 0 aliphatic carbocycles. The number of carbonyl (C=O) groups excluding carboxylic acids is 1. The lowest BCUT2D eigenvalue weighted by Crippen LogP contribution is -2.30. The van der Waals surface area contributed by atoms with Crippen molar-refractivity contribution < 1.29 is 9.53 Å². The summed E-state index contributed by atoms with van der Waals surface area (Å²) >= 11 is 3.45. The van der Waals surface area contributed by atoms with E-state index in [2.05, 4.69) is 41.3 Å². The number of amides is 1. The van der Waals surface area contributed by atoms with E-state index in [1.807, 2.05) is 12.1 Å². The van der Waals surface area contributed by atoms with Crippen LogP contribution < -0.4 is 16.0 Å². The van der Waals surface area contributed by atoms with Gasteiger partial charge in [0.2, 0.25) is 5.91 Å². The fourth-order valence-electron chi connectivity index (χ4n) is 1.59. The molecule has 0 aliphatic rings. The minimum Gasteiger partial charge on any atom is -0.493 e. The predicted octanol–water partition coefficient (Wildman–Crippen LogP) is 2.72. The molecular formula is C13H19BrN2O2. The van der Waals surface area contributed by atoms with E-state index in [9.17, 15) is 4.79 Å². The first kappa shape index (κ1) is 15.0. The molecule has 0 bridgehead atoms. The number of nitrogens with one attached hydrogen (secondary N) is 1. The lowest BCUT2D eigenvalue weighted by molar-refractivity contribution is -0.121. The fourth-order valence-corrected chi connectivity index (χ4v) is 1.97. The van der Waals surface area contributed by atoms with Crippen LogP contribution in [0.1, 0.15) is 38.2 Å². The van der Waals surface area contributed by atoms with Gasteiger partial charge in [0, 0.05) is 10.9 Å². The monoisotopic (exact) mass is 314 g/mol. The molecule has 0 aromatic heterocycles. The van der Waals surface area contributed by atoms with Crippen LogP contribution in [0.5, 0.6) is 5.75 Å². The topological polar surface area (TPSA) is 64.3 Å². The molecule has 1 rings (SSSR count). The Balaban J connectivity index is 2.54. The van der Waals surface area contributed by atoms with Gasteiger partial charge in [0.15, 0.2) is 0 Å². The van der Waals surface area contributed by atoms with Crippen LogP contribution >= 0.6 is 15.9 Å². The molecule has 0 unspecified atom stereocenters. The van der Waals surface area contributed by atoms with Crippen LogP contribution in [-0.4, -0.2) is 12.5 Å². The summed E-state index contributed by atoms with van der Waals surface area (Å²) in [5.41, 5.74) is 3.26. The van der Waals surface area contributed by atoms with Gasteiger partial charge >= 0.3 is 0 Å². The SMILES string of the molecule is CC(C)c1cc(Br)ccc1OCCCC(=O)NN.